The second kappa shape index (κ2) is 7.27. The lowest BCUT2D eigenvalue weighted by Crippen LogP contribution is -2.24. The smallest absolute Gasteiger partial charge is 0.230 e. The van der Waals surface area contributed by atoms with Gasteiger partial charge in [-0.3, -0.25) is 4.79 Å². The molecule has 0 unspecified atom stereocenters. The Hall–Kier alpha value is -2.71. The van der Waals surface area contributed by atoms with Crippen LogP contribution in [0, 0.1) is 0 Å². The summed E-state index contributed by atoms with van der Waals surface area (Å²) >= 11 is 7.15. The van der Waals surface area contributed by atoms with Crippen LogP contribution >= 0.6 is 23.4 Å². The number of thioether (sulfide) groups is 1. The molecule has 130 valence electrons. The number of amides is 1. The summed E-state index contributed by atoms with van der Waals surface area (Å²) in [6, 6.07) is 15.0. The summed E-state index contributed by atoms with van der Waals surface area (Å²) < 4.78 is 1.56. The normalized spacial score (nSPS) is 11.1. The molecule has 2 heterocycles. The van der Waals surface area contributed by atoms with Crippen molar-refractivity contribution in [2.75, 3.05) is 5.75 Å². The van der Waals surface area contributed by atoms with Gasteiger partial charge in [-0.05, 0) is 40.3 Å². The van der Waals surface area contributed by atoms with Crippen molar-refractivity contribution < 1.29 is 4.79 Å². The molecule has 0 saturated heterocycles. The van der Waals surface area contributed by atoms with Crippen LogP contribution in [0.4, 0.5) is 0 Å². The van der Waals surface area contributed by atoms with Gasteiger partial charge in [-0.1, -0.05) is 47.6 Å². The molecule has 0 aliphatic carbocycles. The maximum atomic E-state index is 12.1. The number of fused-ring (bicyclic) bond motifs is 3. The molecule has 0 radical (unpaired) electrons. The average molecular weight is 385 g/mol. The largest absolute Gasteiger partial charge is 0.351 e. The van der Waals surface area contributed by atoms with Gasteiger partial charge in [-0.25, -0.2) is 4.98 Å². The summed E-state index contributed by atoms with van der Waals surface area (Å²) in [6.45, 7) is 0.446. The van der Waals surface area contributed by atoms with Crippen molar-refractivity contribution in [3.63, 3.8) is 0 Å². The van der Waals surface area contributed by atoms with Gasteiger partial charge in [-0.2, -0.15) is 4.52 Å². The lowest BCUT2D eigenvalue weighted by molar-refractivity contribution is -0.118. The van der Waals surface area contributed by atoms with Gasteiger partial charge in [0.05, 0.1) is 11.3 Å². The molecule has 0 aliphatic heterocycles. The molecule has 1 amide bonds. The Morgan fingerprint density at radius 3 is 2.81 bits per heavy atom. The molecule has 0 atom stereocenters. The number of carbonyl (C=O) groups excluding carboxylic acids is 1. The molecule has 2 aromatic heterocycles. The maximum absolute atomic E-state index is 12.1. The van der Waals surface area contributed by atoms with Crippen molar-refractivity contribution in [2.45, 2.75) is 11.7 Å². The van der Waals surface area contributed by atoms with Crippen LogP contribution in [0.15, 0.2) is 53.7 Å². The van der Waals surface area contributed by atoms with Gasteiger partial charge in [0, 0.05) is 17.0 Å². The molecule has 2 aromatic carbocycles. The summed E-state index contributed by atoms with van der Waals surface area (Å²) in [5.74, 6) is 0.120. The van der Waals surface area contributed by atoms with E-state index >= 15 is 0 Å². The number of nitrogens with one attached hydrogen (secondary N) is 1. The maximum Gasteiger partial charge on any atom is 0.230 e. The van der Waals surface area contributed by atoms with Gasteiger partial charge in [0.1, 0.15) is 0 Å². The number of hydrogen-bond acceptors (Lipinski definition) is 6. The Morgan fingerprint density at radius 1 is 1.15 bits per heavy atom. The minimum Gasteiger partial charge on any atom is -0.351 e. The first-order valence-corrected chi connectivity index (χ1v) is 9.18. The Bertz CT molecular complexity index is 1080. The summed E-state index contributed by atoms with van der Waals surface area (Å²) in [6.07, 6.45) is 0. The highest BCUT2D eigenvalue weighted by Gasteiger charge is 2.13. The molecule has 0 fully saturated rings. The first-order valence-electron chi connectivity index (χ1n) is 7.81. The van der Waals surface area contributed by atoms with E-state index in [9.17, 15) is 4.79 Å². The zero-order chi connectivity index (χ0) is 17.9. The fraction of sp³-hybridized carbons (Fsp3) is 0.118. The van der Waals surface area contributed by atoms with E-state index in [1.54, 1.807) is 16.6 Å². The quantitative estimate of drug-likeness (QED) is 0.420. The SMILES string of the molecule is O=C(CSc1nc2ccccc2c2nnnn12)NCc1ccc(Cl)cc1. The second-order valence-corrected chi connectivity index (χ2v) is 6.90. The van der Waals surface area contributed by atoms with E-state index in [-0.39, 0.29) is 11.7 Å². The van der Waals surface area contributed by atoms with E-state index in [4.69, 9.17) is 11.6 Å². The van der Waals surface area contributed by atoms with Gasteiger partial charge in [-0.15, -0.1) is 5.10 Å². The topological polar surface area (TPSA) is 85.1 Å². The predicted molar refractivity (Wildman–Crippen MR) is 100 cm³/mol. The van der Waals surface area contributed by atoms with Crippen LogP contribution in [-0.4, -0.2) is 36.7 Å². The number of rotatable bonds is 5. The van der Waals surface area contributed by atoms with Gasteiger partial charge < -0.3 is 5.32 Å². The lowest BCUT2D eigenvalue weighted by Gasteiger charge is -2.07. The molecule has 4 rings (SSSR count). The van der Waals surface area contributed by atoms with Crippen molar-refractivity contribution in [1.29, 1.82) is 0 Å². The predicted octanol–water partition coefficient (Wildman–Crippen LogP) is 2.73. The van der Waals surface area contributed by atoms with Crippen LogP contribution in [0.3, 0.4) is 0 Å². The van der Waals surface area contributed by atoms with Crippen molar-refractivity contribution in [3.8, 4) is 0 Å². The van der Waals surface area contributed by atoms with Crippen LogP contribution in [0.1, 0.15) is 5.56 Å². The van der Waals surface area contributed by atoms with E-state index in [2.05, 4.69) is 25.8 Å². The highest BCUT2D eigenvalue weighted by atomic mass is 35.5. The van der Waals surface area contributed by atoms with Crippen molar-refractivity contribution in [2.24, 2.45) is 0 Å². The molecule has 26 heavy (non-hydrogen) atoms. The number of para-hydroxylation sites is 1. The molecule has 7 nitrogen and oxygen atoms in total. The molecular weight excluding hydrogens is 372 g/mol. The first-order chi connectivity index (χ1) is 12.7. The van der Waals surface area contributed by atoms with E-state index in [1.807, 2.05) is 36.4 Å². The summed E-state index contributed by atoms with van der Waals surface area (Å²) in [7, 11) is 0. The lowest BCUT2D eigenvalue weighted by atomic mass is 10.2. The molecule has 0 bridgehead atoms. The zero-order valence-electron chi connectivity index (χ0n) is 13.5. The minimum atomic E-state index is -0.0962. The summed E-state index contributed by atoms with van der Waals surface area (Å²) in [5, 5.41) is 16.7. The second-order valence-electron chi connectivity index (χ2n) is 5.52. The number of nitrogens with zero attached hydrogens (tertiary/aromatic N) is 5. The molecular formula is C17H13ClN6OS. The van der Waals surface area contributed by atoms with Crippen LogP contribution < -0.4 is 5.32 Å². The van der Waals surface area contributed by atoms with Gasteiger partial charge in [0.15, 0.2) is 10.8 Å². The molecule has 4 aromatic rings. The third-order valence-corrected chi connectivity index (χ3v) is 4.93. The van der Waals surface area contributed by atoms with Crippen LogP contribution in [0.2, 0.25) is 5.02 Å². The number of hydrogen-bond donors (Lipinski definition) is 1. The van der Waals surface area contributed by atoms with Gasteiger partial charge in [0.2, 0.25) is 5.91 Å². The average Bonchev–Trinajstić information content (AvgIpc) is 3.16. The summed E-state index contributed by atoms with van der Waals surface area (Å²) in [4.78, 5) is 16.7. The fourth-order valence-corrected chi connectivity index (χ4v) is 3.37. The molecule has 0 aliphatic rings. The van der Waals surface area contributed by atoms with Crippen molar-refractivity contribution in [3.05, 3.63) is 59.1 Å². The van der Waals surface area contributed by atoms with E-state index in [1.165, 1.54) is 11.8 Å². The number of halogens is 1. The van der Waals surface area contributed by atoms with E-state index in [0.29, 0.717) is 22.4 Å². The molecule has 0 saturated carbocycles. The summed E-state index contributed by atoms with van der Waals surface area (Å²) in [5.41, 5.74) is 2.40. The van der Waals surface area contributed by atoms with Crippen LogP contribution in [0.25, 0.3) is 16.6 Å². The van der Waals surface area contributed by atoms with Gasteiger partial charge >= 0.3 is 0 Å². The van der Waals surface area contributed by atoms with Crippen LogP contribution in [0.5, 0.6) is 0 Å². The Labute approximate surface area is 157 Å². The number of tetrazole rings is 1. The Balaban J connectivity index is 1.46. The van der Waals surface area contributed by atoms with E-state index < -0.39 is 0 Å². The van der Waals surface area contributed by atoms with Crippen molar-refractivity contribution in [1.82, 2.24) is 30.3 Å². The Morgan fingerprint density at radius 2 is 1.96 bits per heavy atom. The Kier molecular flexibility index (Phi) is 4.68. The number of carbonyl (C=O) groups is 1. The minimum absolute atomic E-state index is 0.0962. The monoisotopic (exact) mass is 384 g/mol. The standard InChI is InChI=1S/C17H13ClN6OS/c18-12-7-5-11(6-8-12)9-19-15(25)10-26-17-20-14-4-2-1-3-13(14)16-21-22-23-24(16)17/h1-8H,9-10H2,(H,19,25). The van der Waals surface area contributed by atoms with E-state index in [0.717, 1.165) is 16.5 Å². The number of benzene rings is 2. The first kappa shape index (κ1) is 16.7. The molecule has 1 N–H and O–H groups in total. The van der Waals surface area contributed by atoms with Crippen molar-refractivity contribution >= 4 is 45.8 Å². The number of aromatic nitrogens is 5. The molecule has 0 spiro atoms. The zero-order valence-corrected chi connectivity index (χ0v) is 15.0. The highest BCUT2D eigenvalue weighted by Crippen LogP contribution is 2.22. The highest BCUT2D eigenvalue weighted by molar-refractivity contribution is 7.99. The third kappa shape index (κ3) is 3.47. The molecule has 9 heteroatoms. The third-order valence-electron chi connectivity index (χ3n) is 3.75. The van der Waals surface area contributed by atoms with Gasteiger partial charge in [0.25, 0.3) is 0 Å². The van der Waals surface area contributed by atoms with Crippen LogP contribution in [-0.2, 0) is 11.3 Å². The fourth-order valence-electron chi connectivity index (χ4n) is 2.47.